The first-order chi connectivity index (χ1) is 10.2. The molecule has 2 rings (SSSR count). The summed E-state index contributed by atoms with van der Waals surface area (Å²) in [5.74, 6) is -0.410. The fraction of sp³-hybridized carbons (Fsp3) is 0.467. The van der Waals surface area contributed by atoms with Gasteiger partial charge in [0.2, 0.25) is 0 Å². The second-order valence-corrected chi connectivity index (χ2v) is 4.72. The lowest BCUT2D eigenvalue weighted by Gasteiger charge is -2.12. The van der Waals surface area contributed by atoms with Gasteiger partial charge in [-0.3, -0.25) is 4.79 Å². The Labute approximate surface area is 123 Å². The molecule has 1 amide bonds. The van der Waals surface area contributed by atoms with E-state index in [1.54, 1.807) is 24.3 Å². The second kappa shape index (κ2) is 7.64. The van der Waals surface area contributed by atoms with Crippen LogP contribution in [0.3, 0.4) is 0 Å². The summed E-state index contributed by atoms with van der Waals surface area (Å²) in [5.41, 5.74) is 0.298. The number of esters is 1. The first kappa shape index (κ1) is 15.3. The molecule has 0 saturated carbocycles. The number of nitrogens with one attached hydrogen (secondary N) is 1. The molecule has 1 fully saturated rings. The molecule has 1 saturated heterocycles. The van der Waals surface area contributed by atoms with Crippen LogP contribution in [-0.4, -0.2) is 44.8 Å². The van der Waals surface area contributed by atoms with Gasteiger partial charge in [-0.25, -0.2) is 4.79 Å². The molecule has 1 atom stereocenters. The van der Waals surface area contributed by atoms with Gasteiger partial charge in [0.25, 0.3) is 5.91 Å². The van der Waals surface area contributed by atoms with Crippen molar-refractivity contribution in [1.29, 1.82) is 0 Å². The van der Waals surface area contributed by atoms with E-state index in [-0.39, 0.29) is 18.6 Å². The summed E-state index contributed by atoms with van der Waals surface area (Å²) in [6.45, 7) is 1.09. The van der Waals surface area contributed by atoms with Crippen LogP contribution in [0.4, 0.5) is 0 Å². The molecule has 1 aliphatic heterocycles. The first-order valence-electron chi connectivity index (χ1n) is 6.89. The summed E-state index contributed by atoms with van der Waals surface area (Å²) in [6.07, 6.45) is 2.09. The lowest BCUT2D eigenvalue weighted by Crippen LogP contribution is -2.35. The van der Waals surface area contributed by atoms with Crippen molar-refractivity contribution in [3.8, 4) is 5.75 Å². The van der Waals surface area contributed by atoms with Crippen molar-refractivity contribution >= 4 is 11.9 Å². The number of carbonyl (C=O) groups is 2. The Balaban J connectivity index is 1.82. The van der Waals surface area contributed by atoms with E-state index >= 15 is 0 Å². The van der Waals surface area contributed by atoms with Gasteiger partial charge in [0.15, 0.2) is 6.61 Å². The molecule has 6 nitrogen and oxygen atoms in total. The van der Waals surface area contributed by atoms with E-state index < -0.39 is 5.97 Å². The van der Waals surface area contributed by atoms with Gasteiger partial charge in [-0.2, -0.15) is 0 Å². The van der Waals surface area contributed by atoms with E-state index in [9.17, 15) is 9.59 Å². The third kappa shape index (κ3) is 4.46. The molecule has 1 heterocycles. The molecule has 0 spiro atoms. The summed E-state index contributed by atoms with van der Waals surface area (Å²) in [5, 5.41) is 2.75. The van der Waals surface area contributed by atoms with E-state index in [2.05, 4.69) is 10.1 Å². The largest absolute Gasteiger partial charge is 0.483 e. The predicted molar refractivity (Wildman–Crippen MR) is 75.3 cm³/mol. The van der Waals surface area contributed by atoms with Crippen LogP contribution in [-0.2, 0) is 14.3 Å². The van der Waals surface area contributed by atoms with Crippen LogP contribution in [0.15, 0.2) is 24.3 Å². The van der Waals surface area contributed by atoms with Gasteiger partial charge >= 0.3 is 5.97 Å². The smallest absolute Gasteiger partial charge is 0.341 e. The Bertz CT molecular complexity index is 497. The molecule has 0 aliphatic carbocycles. The number of ether oxygens (including phenoxy) is 3. The van der Waals surface area contributed by atoms with Crippen molar-refractivity contribution < 1.29 is 23.8 Å². The summed E-state index contributed by atoms with van der Waals surface area (Å²) in [4.78, 5) is 23.3. The molecule has 1 unspecified atom stereocenters. The molecule has 0 bridgehead atoms. The molecule has 21 heavy (non-hydrogen) atoms. The monoisotopic (exact) mass is 293 g/mol. The van der Waals surface area contributed by atoms with Crippen molar-refractivity contribution in [2.24, 2.45) is 0 Å². The quantitative estimate of drug-likeness (QED) is 0.796. The SMILES string of the molecule is COC(=O)c1ccccc1OCC(=O)NCC1CCCO1. The highest BCUT2D eigenvalue weighted by Gasteiger charge is 2.17. The van der Waals surface area contributed by atoms with Crippen LogP contribution in [0.25, 0.3) is 0 Å². The zero-order valence-corrected chi connectivity index (χ0v) is 12.0. The normalized spacial score (nSPS) is 17.3. The third-order valence-corrected chi connectivity index (χ3v) is 3.20. The van der Waals surface area contributed by atoms with Crippen molar-refractivity contribution in [3.63, 3.8) is 0 Å². The maximum absolute atomic E-state index is 11.7. The van der Waals surface area contributed by atoms with Gasteiger partial charge in [-0.05, 0) is 25.0 Å². The fourth-order valence-corrected chi connectivity index (χ4v) is 2.10. The van der Waals surface area contributed by atoms with Crippen LogP contribution in [0, 0.1) is 0 Å². The van der Waals surface area contributed by atoms with Crippen molar-refractivity contribution in [2.45, 2.75) is 18.9 Å². The van der Waals surface area contributed by atoms with Crippen LogP contribution < -0.4 is 10.1 Å². The van der Waals surface area contributed by atoms with Crippen LogP contribution >= 0.6 is 0 Å². The predicted octanol–water partition coefficient (Wildman–Crippen LogP) is 1.15. The van der Waals surface area contributed by atoms with Crippen molar-refractivity contribution in [2.75, 3.05) is 26.9 Å². The Kier molecular flexibility index (Phi) is 5.57. The molecule has 1 aromatic carbocycles. The number of para-hydroxylation sites is 1. The van der Waals surface area contributed by atoms with Crippen LogP contribution in [0.1, 0.15) is 23.2 Å². The molecule has 0 aromatic heterocycles. The zero-order valence-electron chi connectivity index (χ0n) is 12.0. The minimum atomic E-state index is -0.495. The average molecular weight is 293 g/mol. The van der Waals surface area contributed by atoms with Crippen molar-refractivity contribution in [1.82, 2.24) is 5.32 Å². The van der Waals surface area contributed by atoms with E-state index in [1.165, 1.54) is 7.11 Å². The molecular weight excluding hydrogens is 274 g/mol. The maximum atomic E-state index is 11.7. The minimum absolute atomic E-state index is 0.0938. The number of hydrogen-bond acceptors (Lipinski definition) is 5. The van der Waals surface area contributed by atoms with E-state index in [0.29, 0.717) is 17.9 Å². The maximum Gasteiger partial charge on any atom is 0.341 e. The summed E-state index contributed by atoms with van der Waals surface area (Å²) < 4.78 is 15.5. The van der Waals surface area contributed by atoms with Gasteiger partial charge in [-0.1, -0.05) is 12.1 Å². The molecule has 1 aliphatic rings. The van der Waals surface area contributed by atoms with E-state index in [1.807, 2.05) is 0 Å². The highest BCUT2D eigenvalue weighted by molar-refractivity contribution is 5.92. The van der Waals surface area contributed by atoms with E-state index in [0.717, 1.165) is 19.4 Å². The Hall–Kier alpha value is -2.08. The topological polar surface area (TPSA) is 73.9 Å². The summed E-state index contributed by atoms with van der Waals surface area (Å²) in [7, 11) is 1.30. The molecule has 0 radical (unpaired) electrons. The molecule has 114 valence electrons. The minimum Gasteiger partial charge on any atom is -0.483 e. The Morgan fingerprint density at radius 3 is 2.90 bits per heavy atom. The summed E-state index contributed by atoms with van der Waals surface area (Å²) >= 11 is 0. The number of amides is 1. The van der Waals surface area contributed by atoms with Gasteiger partial charge in [-0.15, -0.1) is 0 Å². The molecule has 1 N–H and O–H groups in total. The van der Waals surface area contributed by atoms with Gasteiger partial charge in [0.05, 0.1) is 13.2 Å². The third-order valence-electron chi connectivity index (χ3n) is 3.20. The lowest BCUT2D eigenvalue weighted by molar-refractivity contribution is -0.123. The van der Waals surface area contributed by atoms with Gasteiger partial charge in [0.1, 0.15) is 11.3 Å². The van der Waals surface area contributed by atoms with E-state index in [4.69, 9.17) is 9.47 Å². The highest BCUT2D eigenvalue weighted by atomic mass is 16.5. The second-order valence-electron chi connectivity index (χ2n) is 4.72. The number of hydrogen-bond donors (Lipinski definition) is 1. The standard InChI is InChI=1S/C15H19NO5/c1-19-15(18)12-6-2-3-7-13(12)21-10-14(17)16-9-11-5-4-8-20-11/h2-3,6-7,11H,4-5,8-10H2,1H3,(H,16,17). The van der Waals surface area contributed by atoms with Crippen LogP contribution in [0.5, 0.6) is 5.75 Å². The lowest BCUT2D eigenvalue weighted by atomic mass is 10.2. The zero-order chi connectivity index (χ0) is 15.1. The number of benzene rings is 1. The highest BCUT2D eigenvalue weighted by Crippen LogP contribution is 2.18. The molecule has 6 heteroatoms. The van der Waals surface area contributed by atoms with Gasteiger partial charge in [0, 0.05) is 13.2 Å². The first-order valence-corrected chi connectivity index (χ1v) is 6.89. The fourth-order valence-electron chi connectivity index (χ4n) is 2.10. The number of carbonyl (C=O) groups excluding carboxylic acids is 2. The molecule has 1 aromatic rings. The Morgan fingerprint density at radius 1 is 1.38 bits per heavy atom. The van der Waals surface area contributed by atoms with Crippen LogP contribution in [0.2, 0.25) is 0 Å². The Morgan fingerprint density at radius 2 is 2.19 bits per heavy atom. The number of methoxy groups -OCH3 is 1. The average Bonchev–Trinajstić information content (AvgIpc) is 3.04. The van der Waals surface area contributed by atoms with Gasteiger partial charge < -0.3 is 19.5 Å². The summed E-state index contributed by atoms with van der Waals surface area (Å²) in [6, 6.07) is 6.65. The number of rotatable bonds is 6. The van der Waals surface area contributed by atoms with Crippen molar-refractivity contribution in [3.05, 3.63) is 29.8 Å². The molecular formula is C15H19NO5.